The molecule has 1 fully saturated rings. The van der Waals surface area contributed by atoms with Crippen molar-refractivity contribution < 1.29 is 14.6 Å². The van der Waals surface area contributed by atoms with E-state index in [2.05, 4.69) is 10.2 Å². The highest BCUT2D eigenvalue weighted by Gasteiger charge is 2.30. The molecular formula is C11H15N3O3. The van der Waals surface area contributed by atoms with Gasteiger partial charge >= 0.3 is 5.97 Å². The number of hydrogen-bond acceptors (Lipinski definition) is 5. The lowest BCUT2D eigenvalue weighted by atomic mass is 10.3. The van der Waals surface area contributed by atoms with Gasteiger partial charge in [-0.15, -0.1) is 5.10 Å². The summed E-state index contributed by atoms with van der Waals surface area (Å²) in [6.45, 7) is 0.576. The molecule has 1 aromatic rings. The minimum Gasteiger partial charge on any atom is -0.480 e. The van der Waals surface area contributed by atoms with Crippen LogP contribution < -0.4 is 4.74 Å². The second kappa shape index (κ2) is 5.09. The molecule has 92 valence electrons. The normalized spacial score (nSPS) is 14.9. The second-order valence-corrected chi connectivity index (χ2v) is 4.10. The van der Waals surface area contributed by atoms with Crippen LogP contribution in [-0.2, 0) is 11.3 Å². The molecule has 0 radical (unpaired) electrons. The largest absolute Gasteiger partial charge is 0.480 e. The number of carboxylic acids is 1. The first-order chi connectivity index (χ1) is 8.19. The van der Waals surface area contributed by atoms with E-state index < -0.39 is 5.97 Å². The van der Waals surface area contributed by atoms with Crippen LogP contribution in [0, 0.1) is 0 Å². The Morgan fingerprint density at radius 3 is 2.76 bits per heavy atom. The van der Waals surface area contributed by atoms with Crippen LogP contribution in [0.2, 0.25) is 0 Å². The van der Waals surface area contributed by atoms with Crippen molar-refractivity contribution >= 4 is 5.97 Å². The van der Waals surface area contributed by atoms with Gasteiger partial charge in [-0.1, -0.05) is 0 Å². The Morgan fingerprint density at radius 1 is 1.53 bits per heavy atom. The fourth-order valence-electron chi connectivity index (χ4n) is 1.68. The van der Waals surface area contributed by atoms with E-state index in [0.717, 1.165) is 18.5 Å². The molecule has 2 rings (SSSR count). The number of ether oxygens (including phenoxy) is 1. The maximum Gasteiger partial charge on any atom is 0.317 e. The number of carboxylic acid groups (broad SMARTS) is 1. The van der Waals surface area contributed by atoms with Crippen LogP contribution in [0.15, 0.2) is 12.1 Å². The Labute approximate surface area is 99.2 Å². The van der Waals surface area contributed by atoms with Crippen LogP contribution in [0.1, 0.15) is 18.5 Å². The van der Waals surface area contributed by atoms with Crippen molar-refractivity contribution in [3.05, 3.63) is 17.8 Å². The maximum atomic E-state index is 10.7. The quantitative estimate of drug-likeness (QED) is 0.778. The summed E-state index contributed by atoms with van der Waals surface area (Å²) in [5.41, 5.74) is 0.763. The van der Waals surface area contributed by atoms with Gasteiger partial charge in [0.05, 0.1) is 19.3 Å². The van der Waals surface area contributed by atoms with E-state index in [0.29, 0.717) is 18.5 Å². The Balaban J connectivity index is 1.98. The van der Waals surface area contributed by atoms with Crippen LogP contribution in [0.5, 0.6) is 5.88 Å². The summed E-state index contributed by atoms with van der Waals surface area (Å²) in [5, 5.41) is 16.7. The second-order valence-electron chi connectivity index (χ2n) is 4.10. The third-order valence-corrected chi connectivity index (χ3v) is 2.67. The predicted octanol–water partition coefficient (Wildman–Crippen LogP) is 0.534. The van der Waals surface area contributed by atoms with E-state index in [-0.39, 0.29) is 6.54 Å². The van der Waals surface area contributed by atoms with Gasteiger partial charge in [0.15, 0.2) is 0 Å². The first-order valence-electron chi connectivity index (χ1n) is 5.51. The molecule has 0 aliphatic heterocycles. The summed E-state index contributed by atoms with van der Waals surface area (Å²) in [6.07, 6.45) is 2.13. The Kier molecular flexibility index (Phi) is 3.53. The van der Waals surface area contributed by atoms with Gasteiger partial charge in [-0.05, 0) is 18.9 Å². The summed E-state index contributed by atoms with van der Waals surface area (Å²) < 4.78 is 4.92. The molecule has 1 heterocycles. The Hall–Kier alpha value is -1.69. The number of aliphatic carboxylic acids is 1. The average molecular weight is 237 g/mol. The zero-order valence-electron chi connectivity index (χ0n) is 9.67. The molecule has 6 nitrogen and oxygen atoms in total. The molecule has 1 aliphatic rings. The molecule has 0 bridgehead atoms. The van der Waals surface area contributed by atoms with Crippen LogP contribution >= 0.6 is 0 Å². The van der Waals surface area contributed by atoms with Crippen molar-refractivity contribution in [1.29, 1.82) is 0 Å². The molecular weight excluding hydrogens is 222 g/mol. The van der Waals surface area contributed by atoms with Crippen molar-refractivity contribution in [1.82, 2.24) is 15.1 Å². The zero-order chi connectivity index (χ0) is 12.3. The first kappa shape index (κ1) is 11.8. The van der Waals surface area contributed by atoms with Gasteiger partial charge in [-0.3, -0.25) is 9.69 Å². The molecule has 0 aromatic carbocycles. The van der Waals surface area contributed by atoms with Crippen LogP contribution in [0.25, 0.3) is 0 Å². The average Bonchev–Trinajstić information content (AvgIpc) is 3.12. The molecule has 1 N–H and O–H groups in total. The summed E-state index contributed by atoms with van der Waals surface area (Å²) in [5.74, 6) is -0.344. The molecule has 0 unspecified atom stereocenters. The van der Waals surface area contributed by atoms with Crippen LogP contribution in [0.3, 0.4) is 0 Å². The van der Waals surface area contributed by atoms with Gasteiger partial charge in [0.2, 0.25) is 5.88 Å². The maximum absolute atomic E-state index is 10.7. The van der Waals surface area contributed by atoms with Gasteiger partial charge in [0, 0.05) is 18.7 Å². The summed E-state index contributed by atoms with van der Waals surface area (Å²) in [4.78, 5) is 12.7. The highest BCUT2D eigenvalue weighted by atomic mass is 16.5. The predicted molar refractivity (Wildman–Crippen MR) is 59.7 cm³/mol. The SMILES string of the molecule is COc1ccc(CN(CC(=O)O)C2CC2)nn1. The molecule has 1 aromatic heterocycles. The lowest BCUT2D eigenvalue weighted by Gasteiger charge is -2.18. The van der Waals surface area contributed by atoms with E-state index >= 15 is 0 Å². The molecule has 0 saturated heterocycles. The number of hydrogen-bond donors (Lipinski definition) is 1. The van der Waals surface area contributed by atoms with Crippen LogP contribution in [-0.4, -0.2) is 45.9 Å². The van der Waals surface area contributed by atoms with Gasteiger partial charge in [-0.2, -0.15) is 5.10 Å². The topological polar surface area (TPSA) is 75.5 Å². The first-order valence-corrected chi connectivity index (χ1v) is 5.51. The van der Waals surface area contributed by atoms with E-state index in [1.54, 1.807) is 6.07 Å². The fourth-order valence-corrected chi connectivity index (χ4v) is 1.68. The molecule has 0 spiro atoms. The Bertz CT molecular complexity index is 389. The highest BCUT2D eigenvalue weighted by Crippen LogP contribution is 2.27. The standard InChI is InChI=1S/C11H15N3O3/c1-17-10-5-2-8(12-13-10)6-14(7-11(15)16)9-3-4-9/h2,5,9H,3-4,6-7H2,1H3,(H,15,16). The molecule has 1 saturated carbocycles. The van der Waals surface area contributed by atoms with Gasteiger partial charge in [0.25, 0.3) is 0 Å². The van der Waals surface area contributed by atoms with Crippen molar-refractivity contribution in [3.63, 3.8) is 0 Å². The van der Waals surface area contributed by atoms with E-state index in [1.165, 1.54) is 7.11 Å². The van der Waals surface area contributed by atoms with Crippen molar-refractivity contribution in [2.24, 2.45) is 0 Å². The minimum atomic E-state index is -0.807. The van der Waals surface area contributed by atoms with Gasteiger partial charge in [-0.25, -0.2) is 0 Å². The van der Waals surface area contributed by atoms with E-state index in [9.17, 15) is 4.79 Å². The molecule has 6 heteroatoms. The van der Waals surface area contributed by atoms with Crippen molar-refractivity contribution in [2.75, 3.05) is 13.7 Å². The fraction of sp³-hybridized carbons (Fsp3) is 0.545. The lowest BCUT2D eigenvalue weighted by Crippen LogP contribution is -2.31. The number of rotatable bonds is 6. The number of carbonyl (C=O) groups is 1. The summed E-state index contributed by atoms with van der Waals surface area (Å²) in [7, 11) is 1.53. The third-order valence-electron chi connectivity index (χ3n) is 2.67. The zero-order valence-corrected chi connectivity index (χ0v) is 9.67. The molecule has 0 atom stereocenters. The van der Waals surface area contributed by atoms with E-state index in [1.807, 2.05) is 11.0 Å². The summed E-state index contributed by atoms with van der Waals surface area (Å²) in [6, 6.07) is 3.92. The third kappa shape index (κ3) is 3.39. The summed E-state index contributed by atoms with van der Waals surface area (Å²) >= 11 is 0. The Morgan fingerprint density at radius 2 is 2.29 bits per heavy atom. The number of aromatic nitrogens is 2. The van der Waals surface area contributed by atoms with Crippen molar-refractivity contribution in [3.8, 4) is 5.88 Å². The molecule has 0 amide bonds. The van der Waals surface area contributed by atoms with Crippen molar-refractivity contribution in [2.45, 2.75) is 25.4 Å². The smallest absolute Gasteiger partial charge is 0.317 e. The lowest BCUT2D eigenvalue weighted by molar-refractivity contribution is -0.138. The van der Waals surface area contributed by atoms with Gasteiger partial charge in [0.1, 0.15) is 0 Å². The molecule has 17 heavy (non-hydrogen) atoms. The van der Waals surface area contributed by atoms with Crippen LogP contribution in [0.4, 0.5) is 0 Å². The monoisotopic (exact) mass is 237 g/mol. The molecule has 1 aliphatic carbocycles. The number of methoxy groups -OCH3 is 1. The van der Waals surface area contributed by atoms with Gasteiger partial charge < -0.3 is 9.84 Å². The number of nitrogens with zero attached hydrogens (tertiary/aromatic N) is 3. The highest BCUT2D eigenvalue weighted by molar-refractivity contribution is 5.69. The van der Waals surface area contributed by atoms with E-state index in [4.69, 9.17) is 9.84 Å². The minimum absolute atomic E-state index is 0.0539.